The van der Waals surface area contributed by atoms with Crippen LogP contribution in [0.2, 0.25) is 10.0 Å². The number of anilines is 1. The molecule has 0 aliphatic heterocycles. The Balaban J connectivity index is 1.51. The summed E-state index contributed by atoms with van der Waals surface area (Å²) in [5, 5.41) is 6.68. The second-order valence-corrected chi connectivity index (χ2v) is 7.21. The number of halogens is 2. The number of amides is 2. The molecule has 0 heterocycles. The Kier molecular flexibility index (Phi) is 5.12. The second kappa shape index (κ2) is 7.10. The monoisotopic (exact) mass is 354 g/mol. The summed E-state index contributed by atoms with van der Waals surface area (Å²) >= 11 is 12.1. The van der Waals surface area contributed by atoms with Crippen molar-refractivity contribution in [2.45, 2.75) is 44.6 Å². The van der Waals surface area contributed by atoms with Crippen LogP contribution in [-0.2, 0) is 9.59 Å². The van der Waals surface area contributed by atoms with Gasteiger partial charge in [-0.1, -0.05) is 29.3 Å². The molecule has 0 spiro atoms. The predicted molar refractivity (Wildman–Crippen MR) is 91.7 cm³/mol. The first kappa shape index (κ1) is 16.6. The van der Waals surface area contributed by atoms with Gasteiger partial charge in [0.1, 0.15) is 0 Å². The van der Waals surface area contributed by atoms with E-state index in [1.54, 1.807) is 18.2 Å². The SMILES string of the molecule is O=C(Nc1cccc(Cl)c1Cl)C1CCC(C(=O)NC2CC2)CC1. The summed E-state index contributed by atoms with van der Waals surface area (Å²) in [5.41, 5.74) is 0.540. The molecule has 0 unspecified atom stereocenters. The lowest BCUT2D eigenvalue weighted by Gasteiger charge is -2.27. The molecule has 2 aliphatic carbocycles. The summed E-state index contributed by atoms with van der Waals surface area (Å²) in [7, 11) is 0. The van der Waals surface area contributed by atoms with Gasteiger partial charge < -0.3 is 10.6 Å². The van der Waals surface area contributed by atoms with Crippen molar-refractivity contribution < 1.29 is 9.59 Å². The Morgan fingerprint density at radius 3 is 2.13 bits per heavy atom. The fraction of sp³-hybridized carbons (Fsp3) is 0.529. The largest absolute Gasteiger partial charge is 0.353 e. The number of carbonyl (C=O) groups is 2. The molecular formula is C17H20Cl2N2O2. The van der Waals surface area contributed by atoms with Crippen LogP contribution in [0.4, 0.5) is 5.69 Å². The number of rotatable bonds is 4. The van der Waals surface area contributed by atoms with Crippen molar-refractivity contribution >= 4 is 40.7 Å². The van der Waals surface area contributed by atoms with Gasteiger partial charge in [-0.05, 0) is 50.7 Å². The molecule has 0 saturated heterocycles. The smallest absolute Gasteiger partial charge is 0.227 e. The van der Waals surface area contributed by atoms with Gasteiger partial charge in [-0.2, -0.15) is 0 Å². The summed E-state index contributed by atoms with van der Waals surface area (Å²) in [6.45, 7) is 0. The number of carbonyl (C=O) groups excluding carboxylic acids is 2. The van der Waals surface area contributed by atoms with Crippen LogP contribution in [0, 0.1) is 11.8 Å². The Hall–Kier alpha value is -1.26. The van der Waals surface area contributed by atoms with Crippen molar-refractivity contribution in [3.63, 3.8) is 0 Å². The Morgan fingerprint density at radius 2 is 1.52 bits per heavy atom. The fourth-order valence-corrected chi connectivity index (χ4v) is 3.35. The van der Waals surface area contributed by atoms with Crippen molar-refractivity contribution in [3.8, 4) is 0 Å². The highest BCUT2D eigenvalue weighted by molar-refractivity contribution is 6.44. The molecule has 2 fully saturated rings. The molecule has 23 heavy (non-hydrogen) atoms. The maximum atomic E-state index is 12.4. The van der Waals surface area contributed by atoms with Gasteiger partial charge >= 0.3 is 0 Å². The van der Waals surface area contributed by atoms with Gasteiger partial charge in [0.2, 0.25) is 11.8 Å². The van der Waals surface area contributed by atoms with E-state index in [1.165, 1.54) is 0 Å². The van der Waals surface area contributed by atoms with Gasteiger partial charge in [-0.3, -0.25) is 9.59 Å². The standard InChI is InChI=1S/C17H20Cl2N2O2/c18-13-2-1-3-14(15(13)19)21-17(23)11-6-4-10(5-7-11)16(22)20-12-8-9-12/h1-3,10-12H,4-9H2,(H,20,22)(H,21,23). The minimum Gasteiger partial charge on any atom is -0.353 e. The Morgan fingerprint density at radius 1 is 0.913 bits per heavy atom. The molecule has 0 atom stereocenters. The lowest BCUT2D eigenvalue weighted by atomic mass is 9.81. The van der Waals surface area contributed by atoms with Crippen LogP contribution in [0.5, 0.6) is 0 Å². The van der Waals surface area contributed by atoms with Crippen molar-refractivity contribution in [1.82, 2.24) is 5.32 Å². The van der Waals surface area contributed by atoms with Gasteiger partial charge in [-0.15, -0.1) is 0 Å². The van der Waals surface area contributed by atoms with Crippen LogP contribution in [0.15, 0.2) is 18.2 Å². The summed E-state index contributed by atoms with van der Waals surface area (Å²) in [4.78, 5) is 24.4. The van der Waals surface area contributed by atoms with Crippen molar-refractivity contribution in [2.75, 3.05) is 5.32 Å². The molecule has 1 aromatic rings. The first-order valence-electron chi connectivity index (χ1n) is 8.10. The number of hydrogen-bond donors (Lipinski definition) is 2. The lowest BCUT2D eigenvalue weighted by Crippen LogP contribution is -2.36. The minimum absolute atomic E-state index is 0.0461. The summed E-state index contributed by atoms with van der Waals surface area (Å²) in [6, 6.07) is 5.57. The zero-order valence-corrected chi connectivity index (χ0v) is 14.3. The average Bonchev–Trinajstić information content (AvgIpc) is 3.36. The molecule has 2 N–H and O–H groups in total. The van der Waals surface area contributed by atoms with E-state index in [0.717, 1.165) is 38.5 Å². The van der Waals surface area contributed by atoms with E-state index in [4.69, 9.17) is 23.2 Å². The van der Waals surface area contributed by atoms with Gasteiger partial charge in [0, 0.05) is 17.9 Å². The maximum Gasteiger partial charge on any atom is 0.227 e. The highest BCUT2D eigenvalue weighted by Crippen LogP contribution is 2.33. The molecule has 0 aromatic heterocycles. The normalized spacial score (nSPS) is 24.1. The summed E-state index contributed by atoms with van der Waals surface area (Å²) in [5.74, 6) is 0.0869. The van der Waals surface area contributed by atoms with Crippen LogP contribution < -0.4 is 10.6 Å². The van der Waals surface area contributed by atoms with Gasteiger partial charge in [-0.25, -0.2) is 0 Å². The van der Waals surface area contributed by atoms with E-state index in [2.05, 4.69) is 10.6 Å². The van der Waals surface area contributed by atoms with E-state index in [-0.39, 0.29) is 23.7 Å². The van der Waals surface area contributed by atoms with Crippen LogP contribution in [0.1, 0.15) is 38.5 Å². The summed E-state index contributed by atoms with van der Waals surface area (Å²) < 4.78 is 0. The van der Waals surface area contributed by atoms with Crippen LogP contribution in [-0.4, -0.2) is 17.9 Å². The van der Waals surface area contributed by atoms with Crippen molar-refractivity contribution in [3.05, 3.63) is 28.2 Å². The molecule has 0 radical (unpaired) electrons. The van der Waals surface area contributed by atoms with Gasteiger partial charge in [0.25, 0.3) is 0 Å². The molecule has 124 valence electrons. The number of hydrogen-bond acceptors (Lipinski definition) is 2. The lowest BCUT2D eigenvalue weighted by molar-refractivity contribution is -0.128. The first-order valence-corrected chi connectivity index (χ1v) is 8.85. The third-order valence-electron chi connectivity index (χ3n) is 4.60. The Bertz CT molecular complexity index is 609. The molecule has 1 aromatic carbocycles. The van der Waals surface area contributed by atoms with E-state index >= 15 is 0 Å². The van der Waals surface area contributed by atoms with Crippen LogP contribution >= 0.6 is 23.2 Å². The van der Waals surface area contributed by atoms with Gasteiger partial charge in [0.15, 0.2) is 0 Å². The number of nitrogens with one attached hydrogen (secondary N) is 2. The maximum absolute atomic E-state index is 12.4. The zero-order valence-electron chi connectivity index (χ0n) is 12.8. The molecule has 3 rings (SSSR count). The molecule has 2 aliphatic rings. The van der Waals surface area contributed by atoms with Crippen LogP contribution in [0.25, 0.3) is 0 Å². The molecular weight excluding hydrogens is 335 g/mol. The van der Waals surface area contributed by atoms with Gasteiger partial charge in [0.05, 0.1) is 15.7 Å². The van der Waals surface area contributed by atoms with E-state index < -0.39 is 0 Å². The quantitative estimate of drug-likeness (QED) is 0.857. The molecule has 2 amide bonds. The summed E-state index contributed by atoms with van der Waals surface area (Å²) in [6.07, 6.45) is 5.19. The molecule has 4 nitrogen and oxygen atoms in total. The van der Waals surface area contributed by atoms with Crippen molar-refractivity contribution in [2.24, 2.45) is 11.8 Å². The van der Waals surface area contributed by atoms with E-state index in [1.807, 2.05) is 0 Å². The average molecular weight is 355 g/mol. The minimum atomic E-state index is -0.0741. The zero-order chi connectivity index (χ0) is 16.4. The predicted octanol–water partition coefficient (Wildman–Crippen LogP) is 4.02. The highest BCUT2D eigenvalue weighted by Gasteiger charge is 2.32. The third-order valence-corrected chi connectivity index (χ3v) is 5.42. The van der Waals surface area contributed by atoms with Crippen molar-refractivity contribution in [1.29, 1.82) is 0 Å². The fourth-order valence-electron chi connectivity index (χ4n) is 3.00. The first-order chi connectivity index (χ1) is 11.0. The Labute approximate surface area is 145 Å². The number of benzene rings is 1. The molecule has 2 saturated carbocycles. The van der Waals surface area contributed by atoms with Crippen LogP contribution in [0.3, 0.4) is 0 Å². The highest BCUT2D eigenvalue weighted by atomic mass is 35.5. The molecule has 6 heteroatoms. The van der Waals surface area contributed by atoms with E-state index in [9.17, 15) is 9.59 Å². The second-order valence-electron chi connectivity index (χ2n) is 6.42. The third kappa shape index (κ3) is 4.18. The van der Waals surface area contributed by atoms with E-state index in [0.29, 0.717) is 21.8 Å². The topological polar surface area (TPSA) is 58.2 Å². The molecule has 0 bridgehead atoms.